The van der Waals surface area contributed by atoms with E-state index in [0.717, 1.165) is 38.3 Å². The number of likely N-dealkylation sites (tertiary alicyclic amines) is 1. The number of benzene rings is 3. The Labute approximate surface area is 300 Å². The van der Waals surface area contributed by atoms with Gasteiger partial charge in [0.2, 0.25) is 11.7 Å². The predicted octanol–water partition coefficient (Wildman–Crippen LogP) is 6.61. The van der Waals surface area contributed by atoms with Crippen LogP contribution in [0.4, 0.5) is 5.69 Å². The normalized spacial score (nSPS) is 24.9. The SMILES string of the molecule is COc1ccc(COCCCN2C(=O)[C@H](SC)[C@]34c5cc(Br)ccc5N(Cc5ccc(OC)cc5)[C@H]3C3=C(C[C@H]24)OC(C)(C)OC3=O)cc1. The van der Waals surface area contributed by atoms with Crippen LogP contribution in [0.15, 0.2) is 82.5 Å². The third-order valence-electron chi connectivity index (χ3n) is 10.1. The van der Waals surface area contributed by atoms with Crippen LogP contribution in [0.5, 0.6) is 11.5 Å². The maximum atomic E-state index is 14.7. The van der Waals surface area contributed by atoms with Gasteiger partial charge in [-0.05, 0) is 71.8 Å². The van der Waals surface area contributed by atoms with Gasteiger partial charge in [-0.15, -0.1) is 0 Å². The van der Waals surface area contributed by atoms with Crippen LogP contribution in [-0.4, -0.2) is 73.5 Å². The number of amides is 1. The van der Waals surface area contributed by atoms with Crippen molar-refractivity contribution in [3.63, 3.8) is 0 Å². The summed E-state index contributed by atoms with van der Waals surface area (Å²) < 4.78 is 30.1. The van der Waals surface area contributed by atoms with E-state index < -0.39 is 28.5 Å². The fourth-order valence-corrected chi connectivity index (χ4v) is 9.68. The summed E-state index contributed by atoms with van der Waals surface area (Å²) in [5, 5.41) is -0.437. The van der Waals surface area contributed by atoms with Gasteiger partial charge in [-0.1, -0.05) is 40.2 Å². The summed E-state index contributed by atoms with van der Waals surface area (Å²) in [7, 11) is 3.30. The van der Waals surface area contributed by atoms with Crippen molar-refractivity contribution in [2.75, 3.05) is 38.5 Å². The molecule has 0 radical (unpaired) electrons. The summed E-state index contributed by atoms with van der Waals surface area (Å²) >= 11 is 5.30. The first-order valence-electron chi connectivity index (χ1n) is 16.5. The standard InChI is InChI=1S/C38H41BrN2O7S/c1-37(2)47-30-20-31-38(34(49-5)35(42)40(31)17-6-18-46-22-24-9-14-27(45-4)15-10-24)28-19-25(39)11-16-29(28)41(33(38)32(30)36(43)48-37)21-23-7-12-26(44-3)13-8-23/h7-16,19,31,33-34H,6,17-18,20-22H2,1-5H3/t31-,33-,34-,38-/m0/s1. The summed E-state index contributed by atoms with van der Waals surface area (Å²) in [4.78, 5) is 33.1. The molecule has 3 aliphatic heterocycles. The first kappa shape index (κ1) is 33.8. The van der Waals surface area contributed by atoms with E-state index in [4.69, 9.17) is 23.7 Å². The highest BCUT2D eigenvalue weighted by Crippen LogP contribution is 2.63. The number of fused-ring (bicyclic) bond motifs is 2. The summed E-state index contributed by atoms with van der Waals surface area (Å²) in [5.41, 5.74) is 3.93. The summed E-state index contributed by atoms with van der Waals surface area (Å²) in [6.07, 6.45) is 3.09. The molecule has 11 heteroatoms. The van der Waals surface area contributed by atoms with E-state index in [2.05, 4.69) is 33.0 Å². The maximum absolute atomic E-state index is 14.7. The summed E-state index contributed by atoms with van der Waals surface area (Å²) in [6, 6.07) is 21.3. The minimum atomic E-state index is -1.12. The average molecular weight is 750 g/mol. The molecule has 0 bridgehead atoms. The van der Waals surface area contributed by atoms with Crippen LogP contribution < -0.4 is 14.4 Å². The molecular weight excluding hydrogens is 708 g/mol. The van der Waals surface area contributed by atoms with Crippen LogP contribution in [0.25, 0.3) is 0 Å². The number of halogens is 1. The molecule has 1 saturated heterocycles. The minimum absolute atomic E-state index is 0.0716. The van der Waals surface area contributed by atoms with Crippen LogP contribution in [0.1, 0.15) is 43.4 Å². The van der Waals surface area contributed by atoms with Gasteiger partial charge in [0.25, 0.3) is 0 Å². The Morgan fingerprint density at radius 3 is 2.24 bits per heavy atom. The highest BCUT2D eigenvalue weighted by atomic mass is 79.9. The molecule has 0 N–H and O–H groups in total. The van der Waals surface area contributed by atoms with E-state index in [0.29, 0.717) is 50.5 Å². The van der Waals surface area contributed by atoms with Crippen LogP contribution in [0.2, 0.25) is 0 Å². The molecular formula is C38H41BrN2O7S. The lowest BCUT2D eigenvalue weighted by molar-refractivity contribution is -0.211. The first-order valence-corrected chi connectivity index (χ1v) is 18.6. The molecule has 9 nitrogen and oxygen atoms in total. The molecule has 1 amide bonds. The molecule has 4 aliphatic rings. The number of hydrogen-bond acceptors (Lipinski definition) is 9. The number of carbonyl (C=O) groups excluding carboxylic acids is 2. The molecule has 3 aromatic carbocycles. The molecule has 49 heavy (non-hydrogen) atoms. The summed E-state index contributed by atoms with van der Waals surface area (Å²) in [6.45, 7) is 5.53. The van der Waals surface area contributed by atoms with Crippen molar-refractivity contribution >= 4 is 45.3 Å². The van der Waals surface area contributed by atoms with Gasteiger partial charge in [-0.25, -0.2) is 4.79 Å². The zero-order chi connectivity index (χ0) is 34.5. The van der Waals surface area contributed by atoms with Crippen LogP contribution >= 0.6 is 27.7 Å². The second kappa shape index (κ2) is 13.2. The number of cyclic esters (lactones) is 1. The van der Waals surface area contributed by atoms with E-state index >= 15 is 0 Å². The Bertz CT molecular complexity index is 1780. The van der Waals surface area contributed by atoms with E-state index in [1.165, 1.54) is 0 Å². The molecule has 7 rings (SSSR count). The topological polar surface area (TPSA) is 86.8 Å². The minimum Gasteiger partial charge on any atom is -0.497 e. The Morgan fingerprint density at radius 2 is 1.59 bits per heavy atom. The molecule has 0 unspecified atom stereocenters. The van der Waals surface area contributed by atoms with Gasteiger partial charge in [0.05, 0.1) is 49.1 Å². The van der Waals surface area contributed by atoms with Crippen LogP contribution in [0.3, 0.4) is 0 Å². The number of ether oxygens (including phenoxy) is 5. The predicted molar refractivity (Wildman–Crippen MR) is 192 cm³/mol. The van der Waals surface area contributed by atoms with Crippen molar-refractivity contribution in [2.45, 2.75) is 68.4 Å². The van der Waals surface area contributed by atoms with Crippen molar-refractivity contribution in [1.29, 1.82) is 0 Å². The fourth-order valence-electron chi connectivity index (χ4n) is 8.18. The molecule has 4 atom stereocenters. The number of methoxy groups -OCH3 is 2. The highest BCUT2D eigenvalue weighted by Gasteiger charge is 2.72. The second-order valence-electron chi connectivity index (χ2n) is 13.3. The highest BCUT2D eigenvalue weighted by molar-refractivity contribution is 9.10. The van der Waals surface area contributed by atoms with Gasteiger partial charge in [0.1, 0.15) is 17.3 Å². The molecule has 258 valence electrons. The van der Waals surface area contributed by atoms with E-state index in [-0.39, 0.29) is 11.9 Å². The third-order valence-corrected chi connectivity index (χ3v) is 11.7. The number of hydrogen-bond donors (Lipinski definition) is 0. The lowest BCUT2D eigenvalue weighted by atomic mass is 9.63. The Kier molecular flexibility index (Phi) is 9.13. The second-order valence-corrected chi connectivity index (χ2v) is 15.2. The van der Waals surface area contributed by atoms with Crippen molar-refractivity contribution in [3.8, 4) is 11.5 Å². The molecule has 1 spiro atoms. The number of thioether (sulfide) groups is 1. The van der Waals surface area contributed by atoms with Crippen LogP contribution in [0, 0.1) is 0 Å². The largest absolute Gasteiger partial charge is 0.497 e. The van der Waals surface area contributed by atoms with Gasteiger partial charge in [0.15, 0.2) is 0 Å². The number of rotatable bonds is 11. The van der Waals surface area contributed by atoms with Gasteiger partial charge in [-0.2, -0.15) is 11.8 Å². The fraction of sp³-hybridized carbons (Fsp3) is 0.421. The number of nitrogens with zero attached hydrogens (tertiary/aromatic N) is 2. The van der Waals surface area contributed by atoms with Crippen molar-refractivity contribution < 1.29 is 33.3 Å². The van der Waals surface area contributed by atoms with Crippen molar-refractivity contribution in [2.24, 2.45) is 0 Å². The smallest absolute Gasteiger partial charge is 0.342 e. The van der Waals surface area contributed by atoms with Crippen molar-refractivity contribution in [1.82, 2.24) is 4.90 Å². The molecule has 1 fully saturated rings. The lowest BCUT2D eigenvalue weighted by Crippen LogP contribution is -2.62. The van der Waals surface area contributed by atoms with Gasteiger partial charge in [-0.3, -0.25) is 4.79 Å². The monoisotopic (exact) mass is 748 g/mol. The Morgan fingerprint density at radius 1 is 0.918 bits per heavy atom. The number of anilines is 1. The molecule has 1 aliphatic carbocycles. The molecule has 0 aromatic heterocycles. The van der Waals surface area contributed by atoms with Gasteiger partial charge < -0.3 is 33.5 Å². The average Bonchev–Trinajstić information content (AvgIpc) is 3.49. The zero-order valence-electron chi connectivity index (χ0n) is 28.4. The molecule has 3 heterocycles. The maximum Gasteiger partial charge on any atom is 0.342 e. The van der Waals surface area contributed by atoms with E-state index in [1.54, 1.807) is 39.8 Å². The quantitative estimate of drug-likeness (QED) is 0.159. The van der Waals surface area contributed by atoms with Gasteiger partial charge in [0, 0.05) is 50.1 Å². The molecule has 0 saturated carbocycles. The van der Waals surface area contributed by atoms with E-state index in [9.17, 15) is 9.59 Å². The van der Waals surface area contributed by atoms with Gasteiger partial charge >= 0.3 is 5.97 Å². The Balaban J connectivity index is 1.26. The van der Waals surface area contributed by atoms with Crippen molar-refractivity contribution in [3.05, 3.63) is 99.2 Å². The Hall–Kier alpha value is -3.67. The first-order chi connectivity index (χ1) is 23.6. The number of carbonyl (C=O) groups is 2. The van der Waals surface area contributed by atoms with Crippen LogP contribution in [-0.2, 0) is 42.4 Å². The third kappa shape index (κ3) is 5.77. The lowest BCUT2D eigenvalue weighted by Gasteiger charge is -2.50. The van der Waals surface area contributed by atoms with E-state index in [1.807, 2.05) is 65.8 Å². The molecule has 3 aromatic rings. The number of esters is 1. The zero-order valence-corrected chi connectivity index (χ0v) is 30.8. The summed E-state index contributed by atoms with van der Waals surface area (Å²) in [5.74, 6) is 0.744.